The Labute approximate surface area is 107 Å². The van der Waals surface area contributed by atoms with Crippen LogP contribution in [0.15, 0.2) is 30.9 Å². The molecule has 3 nitrogen and oxygen atoms in total. The van der Waals surface area contributed by atoms with Gasteiger partial charge in [0.05, 0.1) is 11.6 Å². The van der Waals surface area contributed by atoms with E-state index in [0.29, 0.717) is 23.7 Å². The van der Waals surface area contributed by atoms with Gasteiger partial charge in [-0.05, 0) is 18.2 Å². The van der Waals surface area contributed by atoms with Crippen LogP contribution in [-0.4, -0.2) is 33.1 Å². The summed E-state index contributed by atoms with van der Waals surface area (Å²) >= 11 is 5.99. The Kier molecular flexibility index (Phi) is 5.73. The summed E-state index contributed by atoms with van der Waals surface area (Å²) in [5.41, 5.74) is 1.46. The number of anilines is 1. The SMILES string of the molecule is C=CCN(CCOC)c1ccc(C=O)c(Cl)c1. The quantitative estimate of drug-likeness (QED) is 0.553. The lowest BCUT2D eigenvalue weighted by Crippen LogP contribution is -2.27. The smallest absolute Gasteiger partial charge is 0.151 e. The molecule has 0 bridgehead atoms. The van der Waals surface area contributed by atoms with E-state index in [9.17, 15) is 4.79 Å². The van der Waals surface area contributed by atoms with E-state index in [4.69, 9.17) is 16.3 Å². The summed E-state index contributed by atoms with van der Waals surface area (Å²) in [6, 6.07) is 5.37. The van der Waals surface area contributed by atoms with Crippen molar-refractivity contribution in [2.75, 3.05) is 31.7 Å². The van der Waals surface area contributed by atoms with Crippen LogP contribution in [0.2, 0.25) is 5.02 Å². The molecule has 0 N–H and O–H groups in total. The standard InChI is InChI=1S/C13H16ClNO2/c1-3-6-15(7-8-17-2)12-5-4-11(10-16)13(14)9-12/h3-5,9-10H,1,6-8H2,2H3. The summed E-state index contributed by atoms with van der Waals surface area (Å²) in [7, 11) is 1.66. The zero-order chi connectivity index (χ0) is 12.7. The van der Waals surface area contributed by atoms with Gasteiger partial charge in [-0.3, -0.25) is 4.79 Å². The van der Waals surface area contributed by atoms with Crippen LogP contribution in [0.25, 0.3) is 0 Å². The summed E-state index contributed by atoms with van der Waals surface area (Å²) in [6.07, 6.45) is 2.57. The second-order valence-corrected chi connectivity index (χ2v) is 3.96. The number of halogens is 1. The first kappa shape index (κ1) is 13.7. The fraction of sp³-hybridized carbons (Fsp3) is 0.308. The molecular formula is C13H16ClNO2. The predicted octanol–water partition coefficient (Wildman–Crippen LogP) is 2.79. The lowest BCUT2D eigenvalue weighted by atomic mass is 10.2. The van der Waals surface area contributed by atoms with Crippen LogP contribution >= 0.6 is 11.6 Å². The first-order chi connectivity index (χ1) is 8.22. The van der Waals surface area contributed by atoms with Gasteiger partial charge in [0.15, 0.2) is 6.29 Å². The van der Waals surface area contributed by atoms with E-state index in [2.05, 4.69) is 11.5 Å². The molecule has 92 valence electrons. The molecule has 0 amide bonds. The van der Waals surface area contributed by atoms with Gasteiger partial charge in [0.1, 0.15) is 0 Å². The molecule has 0 atom stereocenters. The van der Waals surface area contributed by atoms with Crippen molar-refractivity contribution in [3.05, 3.63) is 41.4 Å². The molecule has 17 heavy (non-hydrogen) atoms. The minimum absolute atomic E-state index is 0.462. The van der Waals surface area contributed by atoms with Crippen LogP contribution < -0.4 is 4.90 Å². The van der Waals surface area contributed by atoms with Gasteiger partial charge in [0.25, 0.3) is 0 Å². The van der Waals surface area contributed by atoms with Crippen molar-refractivity contribution in [1.82, 2.24) is 0 Å². The average molecular weight is 254 g/mol. The summed E-state index contributed by atoms with van der Waals surface area (Å²) < 4.78 is 5.05. The maximum Gasteiger partial charge on any atom is 0.151 e. The van der Waals surface area contributed by atoms with Crippen molar-refractivity contribution in [3.8, 4) is 0 Å². The molecule has 0 aliphatic carbocycles. The largest absolute Gasteiger partial charge is 0.383 e. The number of aldehydes is 1. The number of carbonyl (C=O) groups excluding carboxylic acids is 1. The number of methoxy groups -OCH3 is 1. The molecule has 0 aromatic heterocycles. The zero-order valence-corrected chi connectivity index (χ0v) is 10.6. The van der Waals surface area contributed by atoms with Crippen LogP contribution in [0.1, 0.15) is 10.4 Å². The second-order valence-electron chi connectivity index (χ2n) is 3.55. The van der Waals surface area contributed by atoms with E-state index in [1.165, 1.54) is 0 Å². The van der Waals surface area contributed by atoms with E-state index in [1.807, 2.05) is 12.1 Å². The second kappa shape index (κ2) is 7.09. The maximum absolute atomic E-state index is 10.7. The number of nitrogens with zero attached hydrogens (tertiary/aromatic N) is 1. The Bertz CT molecular complexity index is 393. The van der Waals surface area contributed by atoms with Crippen molar-refractivity contribution >= 4 is 23.6 Å². The Morgan fingerprint density at radius 3 is 2.82 bits per heavy atom. The van der Waals surface area contributed by atoms with Gasteiger partial charge in [-0.1, -0.05) is 17.7 Å². The van der Waals surface area contributed by atoms with Gasteiger partial charge in [-0.25, -0.2) is 0 Å². The molecule has 0 heterocycles. The van der Waals surface area contributed by atoms with Gasteiger partial charge in [-0.2, -0.15) is 0 Å². The van der Waals surface area contributed by atoms with E-state index in [1.54, 1.807) is 19.2 Å². The molecule has 0 aliphatic rings. The van der Waals surface area contributed by atoms with Gasteiger partial charge < -0.3 is 9.64 Å². The van der Waals surface area contributed by atoms with Crippen molar-refractivity contribution in [3.63, 3.8) is 0 Å². The van der Waals surface area contributed by atoms with E-state index in [-0.39, 0.29) is 0 Å². The number of benzene rings is 1. The molecule has 0 saturated carbocycles. The first-order valence-corrected chi connectivity index (χ1v) is 5.70. The lowest BCUT2D eigenvalue weighted by molar-refractivity contribution is 0.112. The van der Waals surface area contributed by atoms with Gasteiger partial charge >= 0.3 is 0 Å². The van der Waals surface area contributed by atoms with Crippen molar-refractivity contribution in [1.29, 1.82) is 0 Å². The van der Waals surface area contributed by atoms with E-state index in [0.717, 1.165) is 18.5 Å². The topological polar surface area (TPSA) is 29.5 Å². The molecular weight excluding hydrogens is 238 g/mol. The third-order valence-electron chi connectivity index (χ3n) is 2.39. The highest BCUT2D eigenvalue weighted by Crippen LogP contribution is 2.22. The third kappa shape index (κ3) is 3.88. The van der Waals surface area contributed by atoms with Crippen molar-refractivity contribution in [2.24, 2.45) is 0 Å². The molecule has 0 aliphatic heterocycles. The summed E-state index contributed by atoms with van der Waals surface area (Å²) in [5, 5.41) is 0.462. The lowest BCUT2D eigenvalue weighted by Gasteiger charge is -2.23. The fourth-order valence-electron chi connectivity index (χ4n) is 1.49. The minimum Gasteiger partial charge on any atom is -0.383 e. The number of hydrogen-bond acceptors (Lipinski definition) is 3. The highest BCUT2D eigenvalue weighted by molar-refractivity contribution is 6.33. The molecule has 0 fully saturated rings. The highest BCUT2D eigenvalue weighted by Gasteiger charge is 2.07. The van der Waals surface area contributed by atoms with Gasteiger partial charge in [0.2, 0.25) is 0 Å². The first-order valence-electron chi connectivity index (χ1n) is 5.32. The Hall–Kier alpha value is -1.32. The number of rotatable bonds is 7. The molecule has 1 aromatic carbocycles. The van der Waals surface area contributed by atoms with Crippen LogP contribution in [0.3, 0.4) is 0 Å². The maximum atomic E-state index is 10.7. The molecule has 0 saturated heterocycles. The Morgan fingerprint density at radius 2 is 2.29 bits per heavy atom. The predicted molar refractivity (Wildman–Crippen MR) is 71.1 cm³/mol. The van der Waals surface area contributed by atoms with Crippen LogP contribution in [0.4, 0.5) is 5.69 Å². The molecule has 1 aromatic rings. The Morgan fingerprint density at radius 1 is 1.53 bits per heavy atom. The van der Waals surface area contributed by atoms with E-state index < -0.39 is 0 Å². The summed E-state index contributed by atoms with van der Waals surface area (Å²) in [5.74, 6) is 0. The van der Waals surface area contributed by atoms with Gasteiger partial charge in [0, 0.05) is 31.5 Å². The summed E-state index contributed by atoms with van der Waals surface area (Å²) in [4.78, 5) is 12.8. The highest BCUT2D eigenvalue weighted by atomic mass is 35.5. The summed E-state index contributed by atoms with van der Waals surface area (Å²) in [6.45, 7) is 5.80. The van der Waals surface area contributed by atoms with Crippen molar-refractivity contribution in [2.45, 2.75) is 0 Å². The Balaban J connectivity index is 2.89. The number of carbonyl (C=O) groups is 1. The number of ether oxygens (including phenoxy) is 1. The molecule has 4 heteroatoms. The van der Waals surface area contributed by atoms with Crippen LogP contribution in [0.5, 0.6) is 0 Å². The molecule has 0 unspecified atom stereocenters. The van der Waals surface area contributed by atoms with E-state index >= 15 is 0 Å². The fourth-order valence-corrected chi connectivity index (χ4v) is 1.71. The molecule has 1 rings (SSSR count). The normalized spacial score (nSPS) is 10.0. The van der Waals surface area contributed by atoms with Gasteiger partial charge in [-0.15, -0.1) is 6.58 Å². The average Bonchev–Trinajstić information content (AvgIpc) is 2.34. The molecule has 0 spiro atoms. The monoisotopic (exact) mass is 253 g/mol. The molecule has 0 radical (unpaired) electrons. The van der Waals surface area contributed by atoms with Crippen molar-refractivity contribution < 1.29 is 9.53 Å². The van der Waals surface area contributed by atoms with Crippen LogP contribution in [-0.2, 0) is 4.74 Å². The van der Waals surface area contributed by atoms with Crippen LogP contribution in [0, 0.1) is 0 Å². The minimum atomic E-state index is 0.462. The zero-order valence-electron chi connectivity index (χ0n) is 9.86. The third-order valence-corrected chi connectivity index (χ3v) is 2.72. The number of hydrogen-bond donors (Lipinski definition) is 0.